The van der Waals surface area contributed by atoms with E-state index in [1.807, 2.05) is 0 Å². The lowest BCUT2D eigenvalue weighted by molar-refractivity contribution is 0.170. The summed E-state index contributed by atoms with van der Waals surface area (Å²) in [6, 6.07) is 3.07. The molecule has 6 nitrogen and oxygen atoms in total. The van der Waals surface area contributed by atoms with Crippen molar-refractivity contribution in [2.75, 3.05) is 19.8 Å². The zero-order valence-electron chi connectivity index (χ0n) is 10.6. The molecule has 106 valence electrons. The molecule has 0 aliphatic carbocycles. The van der Waals surface area contributed by atoms with Gasteiger partial charge in [0, 0.05) is 30.4 Å². The molecule has 1 aromatic heterocycles. The maximum atomic E-state index is 11.6. The number of ether oxygens (including phenoxy) is 1. The van der Waals surface area contributed by atoms with Crippen LogP contribution in [0.5, 0.6) is 5.88 Å². The highest BCUT2D eigenvalue weighted by Gasteiger charge is 2.21. The Morgan fingerprint density at radius 1 is 1.35 bits per heavy atom. The van der Waals surface area contributed by atoms with Gasteiger partial charge in [0.15, 0.2) is 5.69 Å². The lowest BCUT2D eigenvalue weighted by Crippen LogP contribution is -2.25. The smallest absolute Gasteiger partial charge is 0.398 e. The van der Waals surface area contributed by atoms with Gasteiger partial charge in [0.1, 0.15) is 0 Å². The summed E-state index contributed by atoms with van der Waals surface area (Å²) in [5.74, 6) is 0.0598. The van der Waals surface area contributed by atoms with Crippen LogP contribution in [-0.4, -0.2) is 33.8 Å². The van der Waals surface area contributed by atoms with Crippen LogP contribution in [-0.2, 0) is 0 Å². The molecule has 20 heavy (non-hydrogen) atoms. The van der Waals surface area contributed by atoms with E-state index in [0.29, 0.717) is 27.0 Å². The highest BCUT2D eigenvalue weighted by Crippen LogP contribution is 2.39. The number of carbonyl (C=O) groups excluding carboxylic acids is 1. The van der Waals surface area contributed by atoms with E-state index in [0.717, 1.165) is 11.7 Å². The van der Waals surface area contributed by atoms with Crippen LogP contribution in [0.1, 0.15) is 0 Å². The third-order valence-corrected chi connectivity index (χ3v) is 3.36. The van der Waals surface area contributed by atoms with E-state index in [1.165, 1.54) is 11.0 Å². The van der Waals surface area contributed by atoms with E-state index in [-0.39, 0.29) is 5.88 Å². The molecule has 0 saturated carbocycles. The molecule has 1 heterocycles. The molecule has 0 aliphatic rings. The predicted octanol–water partition coefficient (Wildman–Crippen LogP) is 3.15. The molecule has 0 radical (unpaired) electrons. The number of nitrogens with zero attached hydrogens (tertiary/aromatic N) is 3. The van der Waals surface area contributed by atoms with Crippen LogP contribution in [0.15, 0.2) is 12.1 Å². The summed E-state index contributed by atoms with van der Waals surface area (Å²) >= 11 is 12.9. The number of carbonyl (C=O) groups is 1. The van der Waals surface area contributed by atoms with Crippen molar-refractivity contribution in [3.8, 4) is 17.1 Å². The Balaban J connectivity index is 2.45. The van der Waals surface area contributed by atoms with Crippen molar-refractivity contribution in [2.24, 2.45) is 0 Å². The summed E-state index contributed by atoms with van der Waals surface area (Å²) in [5, 5.41) is 0.719. The lowest BCUT2D eigenvalue weighted by Gasteiger charge is -2.11. The number of nitrogen functional groups attached to an aromatic ring is 1. The first kappa shape index (κ1) is 14.8. The summed E-state index contributed by atoms with van der Waals surface area (Å²) in [7, 11) is 3.12. The molecule has 0 spiro atoms. The molecule has 0 atom stereocenters. The zero-order chi connectivity index (χ0) is 14.9. The quantitative estimate of drug-likeness (QED) is 0.854. The van der Waals surface area contributed by atoms with Gasteiger partial charge < -0.3 is 15.4 Å². The van der Waals surface area contributed by atoms with Gasteiger partial charge in [0.25, 0.3) is 5.88 Å². The summed E-state index contributed by atoms with van der Waals surface area (Å²) in [6.07, 6.45) is -0.567. The fourth-order valence-corrected chi connectivity index (χ4v) is 2.51. The first-order valence-electron chi connectivity index (χ1n) is 5.36. The number of benzene rings is 1. The van der Waals surface area contributed by atoms with Gasteiger partial charge in [-0.25, -0.2) is 4.79 Å². The molecule has 0 aliphatic heterocycles. The first-order valence-corrected chi connectivity index (χ1v) is 6.85. The predicted molar refractivity (Wildman–Crippen MR) is 79.5 cm³/mol. The van der Waals surface area contributed by atoms with Crippen LogP contribution in [0.25, 0.3) is 11.3 Å². The number of halogens is 2. The molecule has 0 bridgehead atoms. The Hall–Kier alpha value is -1.57. The Kier molecular flexibility index (Phi) is 4.32. The van der Waals surface area contributed by atoms with Crippen molar-refractivity contribution in [1.29, 1.82) is 0 Å². The van der Waals surface area contributed by atoms with Crippen molar-refractivity contribution in [3.63, 3.8) is 0 Å². The highest BCUT2D eigenvalue weighted by molar-refractivity contribution is 6.99. The molecule has 1 aromatic carbocycles. The number of amides is 1. The van der Waals surface area contributed by atoms with Crippen LogP contribution >= 0.6 is 34.9 Å². The number of aromatic nitrogens is 2. The molecule has 2 N–H and O–H groups in total. The SMILES string of the molecule is CN(C)C(=O)Oc1nsnc1-c1c(N)cc(Cl)cc1Cl. The molecule has 0 fully saturated rings. The molecular weight excluding hydrogens is 323 g/mol. The van der Waals surface area contributed by atoms with E-state index in [4.69, 9.17) is 33.7 Å². The van der Waals surface area contributed by atoms with E-state index in [1.54, 1.807) is 20.2 Å². The average molecular weight is 333 g/mol. The van der Waals surface area contributed by atoms with Gasteiger partial charge in [-0.2, -0.15) is 4.37 Å². The van der Waals surface area contributed by atoms with Crippen molar-refractivity contribution in [2.45, 2.75) is 0 Å². The van der Waals surface area contributed by atoms with E-state index in [9.17, 15) is 4.79 Å². The third-order valence-electron chi connectivity index (χ3n) is 2.33. The fourth-order valence-electron chi connectivity index (χ4n) is 1.42. The Morgan fingerprint density at radius 2 is 2.05 bits per heavy atom. The van der Waals surface area contributed by atoms with E-state index >= 15 is 0 Å². The molecule has 0 saturated heterocycles. The lowest BCUT2D eigenvalue weighted by atomic mass is 10.1. The van der Waals surface area contributed by atoms with E-state index < -0.39 is 6.09 Å². The fraction of sp³-hybridized carbons (Fsp3) is 0.182. The minimum atomic E-state index is -0.567. The second-order valence-corrected chi connectivity index (χ2v) is 5.40. The number of rotatable bonds is 2. The summed E-state index contributed by atoms with van der Waals surface area (Å²) in [4.78, 5) is 12.8. The largest absolute Gasteiger partial charge is 0.416 e. The van der Waals surface area contributed by atoms with Crippen molar-refractivity contribution in [1.82, 2.24) is 13.6 Å². The normalized spacial score (nSPS) is 10.4. The molecule has 9 heteroatoms. The second kappa shape index (κ2) is 5.82. The van der Waals surface area contributed by atoms with Gasteiger partial charge in [0.2, 0.25) is 0 Å². The van der Waals surface area contributed by atoms with Crippen molar-refractivity contribution in [3.05, 3.63) is 22.2 Å². The zero-order valence-corrected chi connectivity index (χ0v) is 12.9. The van der Waals surface area contributed by atoms with Crippen LogP contribution in [0.2, 0.25) is 10.0 Å². The number of nitrogens with two attached hydrogens (primary N) is 1. The van der Waals surface area contributed by atoms with Gasteiger partial charge in [-0.3, -0.25) is 0 Å². The van der Waals surface area contributed by atoms with Gasteiger partial charge in [0.05, 0.1) is 16.8 Å². The summed E-state index contributed by atoms with van der Waals surface area (Å²) in [6.45, 7) is 0. The maximum Gasteiger partial charge on any atom is 0.416 e. The van der Waals surface area contributed by atoms with Gasteiger partial charge >= 0.3 is 6.09 Å². The molecular formula is C11H10Cl2N4O2S. The Bertz CT molecular complexity index is 637. The monoisotopic (exact) mass is 332 g/mol. The molecule has 2 rings (SSSR count). The first-order chi connectivity index (χ1) is 9.40. The Labute approximate surface area is 129 Å². The summed E-state index contributed by atoms with van der Waals surface area (Å²) < 4.78 is 13.1. The summed E-state index contributed by atoms with van der Waals surface area (Å²) in [5.41, 5.74) is 6.97. The van der Waals surface area contributed by atoms with Crippen LogP contribution in [0.3, 0.4) is 0 Å². The molecule has 1 amide bonds. The van der Waals surface area contributed by atoms with E-state index in [2.05, 4.69) is 8.75 Å². The minimum absolute atomic E-state index is 0.0598. The standard InChI is InChI=1S/C11H10Cl2N4O2S/c1-17(2)11(18)19-10-9(15-20-16-10)8-6(13)3-5(12)4-7(8)14/h3-4H,14H2,1-2H3. The van der Waals surface area contributed by atoms with Gasteiger partial charge in [-0.1, -0.05) is 23.2 Å². The average Bonchev–Trinajstić information content (AvgIpc) is 2.75. The van der Waals surface area contributed by atoms with Crippen LogP contribution in [0.4, 0.5) is 10.5 Å². The van der Waals surface area contributed by atoms with Crippen molar-refractivity contribution < 1.29 is 9.53 Å². The molecule has 0 unspecified atom stereocenters. The van der Waals surface area contributed by atoms with Gasteiger partial charge in [-0.05, 0) is 12.1 Å². The number of hydrogen-bond donors (Lipinski definition) is 1. The Morgan fingerprint density at radius 3 is 2.65 bits per heavy atom. The topological polar surface area (TPSA) is 81.3 Å². The van der Waals surface area contributed by atoms with Crippen LogP contribution in [0, 0.1) is 0 Å². The minimum Gasteiger partial charge on any atom is -0.398 e. The highest BCUT2D eigenvalue weighted by atomic mass is 35.5. The maximum absolute atomic E-state index is 11.6. The van der Waals surface area contributed by atoms with Crippen molar-refractivity contribution >= 4 is 46.7 Å². The number of anilines is 1. The van der Waals surface area contributed by atoms with Crippen LogP contribution < -0.4 is 10.5 Å². The third kappa shape index (κ3) is 2.95. The molecule has 2 aromatic rings. The van der Waals surface area contributed by atoms with Gasteiger partial charge in [-0.15, -0.1) is 4.37 Å². The number of hydrogen-bond acceptors (Lipinski definition) is 6. The second-order valence-electron chi connectivity index (χ2n) is 4.03.